The molecule has 1 atom stereocenters. The van der Waals surface area contributed by atoms with Gasteiger partial charge in [0.1, 0.15) is 11.6 Å². The fourth-order valence-corrected chi connectivity index (χ4v) is 3.57. The number of benzene rings is 1. The third-order valence-corrected chi connectivity index (χ3v) is 5.28. The SMILES string of the molecule is Cn1ncc2c(N)nc3cc(F)c(C(=O)N(Cc4ccc(C(F)(F)F)cn4)C(F)C(F)F)cc3c21. The highest BCUT2D eigenvalue weighted by Gasteiger charge is 2.35. The molecule has 0 aliphatic heterocycles. The molecule has 4 rings (SSSR count). The minimum absolute atomic E-state index is 0.00429. The molecule has 7 nitrogen and oxygen atoms in total. The number of nitrogens with two attached hydrogens (primary N) is 1. The number of hydrogen-bond donors (Lipinski definition) is 1. The molecule has 1 amide bonds. The lowest BCUT2D eigenvalue weighted by atomic mass is 10.1. The number of aryl methyl sites for hydroxylation is 1. The van der Waals surface area contributed by atoms with Crippen molar-refractivity contribution in [3.63, 3.8) is 0 Å². The molecule has 1 aromatic carbocycles. The van der Waals surface area contributed by atoms with Gasteiger partial charge in [0.15, 0.2) is 0 Å². The molecule has 0 saturated heterocycles. The van der Waals surface area contributed by atoms with Crippen LogP contribution in [0.25, 0.3) is 21.8 Å². The maximum atomic E-state index is 14.9. The summed E-state index contributed by atoms with van der Waals surface area (Å²) in [6.45, 7) is -0.943. The molecule has 35 heavy (non-hydrogen) atoms. The van der Waals surface area contributed by atoms with Gasteiger partial charge in [-0.2, -0.15) is 18.3 Å². The highest BCUT2D eigenvalue weighted by Crippen LogP contribution is 2.31. The molecular weight excluding hydrogens is 485 g/mol. The topological polar surface area (TPSA) is 89.9 Å². The van der Waals surface area contributed by atoms with E-state index in [2.05, 4.69) is 15.1 Å². The third kappa shape index (κ3) is 4.42. The number of pyridine rings is 2. The van der Waals surface area contributed by atoms with Crippen molar-refractivity contribution in [2.75, 3.05) is 5.73 Å². The van der Waals surface area contributed by atoms with Crippen molar-refractivity contribution in [3.05, 3.63) is 59.3 Å². The van der Waals surface area contributed by atoms with E-state index in [1.807, 2.05) is 0 Å². The Morgan fingerprint density at radius 2 is 1.86 bits per heavy atom. The zero-order chi connectivity index (χ0) is 25.7. The average Bonchev–Trinajstić information content (AvgIpc) is 3.18. The minimum Gasteiger partial charge on any atom is -0.383 e. The van der Waals surface area contributed by atoms with Crippen LogP contribution in [0.2, 0.25) is 0 Å². The predicted octanol–water partition coefficient (Wildman–Crippen LogP) is 4.46. The first-order valence-corrected chi connectivity index (χ1v) is 9.84. The number of amides is 1. The molecule has 0 bridgehead atoms. The van der Waals surface area contributed by atoms with Gasteiger partial charge in [0.25, 0.3) is 12.3 Å². The van der Waals surface area contributed by atoms with E-state index in [0.717, 1.165) is 18.2 Å². The average molecular weight is 500 g/mol. The Bertz CT molecular complexity index is 1420. The van der Waals surface area contributed by atoms with Crippen molar-refractivity contribution in [2.24, 2.45) is 7.05 Å². The lowest BCUT2D eigenvalue weighted by Crippen LogP contribution is -2.41. The zero-order valence-corrected chi connectivity index (χ0v) is 17.7. The first-order chi connectivity index (χ1) is 16.4. The van der Waals surface area contributed by atoms with E-state index in [0.29, 0.717) is 23.2 Å². The van der Waals surface area contributed by atoms with Crippen LogP contribution in [-0.4, -0.2) is 43.3 Å². The molecule has 0 saturated carbocycles. The molecule has 0 fully saturated rings. The fourth-order valence-electron chi connectivity index (χ4n) is 3.57. The van der Waals surface area contributed by atoms with E-state index >= 15 is 0 Å². The number of carbonyl (C=O) groups excluding carboxylic acids is 1. The molecule has 184 valence electrons. The molecule has 4 aromatic rings. The van der Waals surface area contributed by atoms with E-state index in [9.17, 15) is 35.5 Å². The quantitative estimate of drug-likeness (QED) is 0.323. The summed E-state index contributed by atoms with van der Waals surface area (Å²) < 4.78 is 95.4. The molecule has 0 aliphatic rings. The van der Waals surface area contributed by atoms with E-state index in [1.54, 1.807) is 7.05 Å². The number of nitrogen functional groups attached to an aromatic ring is 1. The second-order valence-corrected chi connectivity index (χ2v) is 7.55. The Kier molecular flexibility index (Phi) is 5.99. The summed E-state index contributed by atoms with van der Waals surface area (Å²) in [6.07, 6.45) is -9.78. The number of rotatable bonds is 5. The number of halogens is 7. The maximum Gasteiger partial charge on any atom is 0.417 e. The number of aromatic nitrogens is 4. The van der Waals surface area contributed by atoms with E-state index < -0.39 is 48.3 Å². The van der Waals surface area contributed by atoms with Crippen LogP contribution in [0.15, 0.2) is 36.7 Å². The summed E-state index contributed by atoms with van der Waals surface area (Å²) in [7, 11) is 1.54. The Morgan fingerprint density at radius 3 is 2.46 bits per heavy atom. The molecule has 3 heterocycles. The summed E-state index contributed by atoms with van der Waals surface area (Å²) in [6, 6.07) is 3.26. The van der Waals surface area contributed by atoms with Gasteiger partial charge in [0.05, 0.1) is 46.0 Å². The first kappa shape index (κ1) is 24.2. The molecule has 14 heteroatoms. The van der Waals surface area contributed by atoms with Crippen LogP contribution in [0.1, 0.15) is 21.6 Å². The maximum absolute atomic E-state index is 14.9. The summed E-state index contributed by atoms with van der Waals surface area (Å²) in [5, 5.41) is 4.61. The van der Waals surface area contributed by atoms with E-state index in [1.165, 1.54) is 10.9 Å². The van der Waals surface area contributed by atoms with Gasteiger partial charge in [-0.3, -0.25) is 19.4 Å². The summed E-state index contributed by atoms with van der Waals surface area (Å²) in [5.41, 5.74) is 4.05. The fraction of sp³-hybridized carbons (Fsp3) is 0.238. The van der Waals surface area contributed by atoms with Gasteiger partial charge in [-0.1, -0.05) is 0 Å². The largest absolute Gasteiger partial charge is 0.417 e. The predicted molar refractivity (Wildman–Crippen MR) is 110 cm³/mol. The normalized spacial score (nSPS) is 13.1. The monoisotopic (exact) mass is 500 g/mol. The Balaban J connectivity index is 1.78. The van der Waals surface area contributed by atoms with E-state index in [4.69, 9.17) is 5.73 Å². The number of alkyl halides is 6. The van der Waals surface area contributed by atoms with Crippen LogP contribution in [0.3, 0.4) is 0 Å². The van der Waals surface area contributed by atoms with Crippen molar-refractivity contribution >= 4 is 33.5 Å². The number of fused-ring (bicyclic) bond motifs is 3. The number of anilines is 1. The number of nitrogens with zero attached hydrogens (tertiary/aromatic N) is 5. The number of carbonyl (C=O) groups is 1. The second-order valence-electron chi connectivity index (χ2n) is 7.55. The summed E-state index contributed by atoms with van der Waals surface area (Å²) in [5.74, 6) is -2.62. The Hall–Kier alpha value is -3.97. The molecule has 0 spiro atoms. The molecular formula is C21H15F7N6O. The first-order valence-electron chi connectivity index (χ1n) is 9.84. The van der Waals surface area contributed by atoms with Crippen LogP contribution >= 0.6 is 0 Å². The van der Waals surface area contributed by atoms with Crippen molar-refractivity contribution < 1.29 is 35.5 Å². The second kappa shape index (κ2) is 8.67. The molecule has 3 aromatic heterocycles. The van der Waals surface area contributed by atoms with Gasteiger partial charge in [0, 0.05) is 24.7 Å². The van der Waals surface area contributed by atoms with Crippen molar-refractivity contribution in [2.45, 2.75) is 25.4 Å². The number of hydrogen-bond acceptors (Lipinski definition) is 5. The molecule has 0 radical (unpaired) electrons. The smallest absolute Gasteiger partial charge is 0.383 e. The van der Waals surface area contributed by atoms with Crippen LogP contribution in [0.4, 0.5) is 36.6 Å². The van der Waals surface area contributed by atoms with Gasteiger partial charge < -0.3 is 5.73 Å². The van der Waals surface area contributed by atoms with Gasteiger partial charge in [-0.25, -0.2) is 22.5 Å². The standard InChI is InChI=1S/C21H15F7N6O/c1-33-16-12-4-11(14(22)5-15(12)32-19(29)13(16)7-31-33)20(35)34(18(25)17(23)24)8-10-3-2-9(6-30-10)21(26,27)28/h2-7,17-18H,8H2,1H3,(H2,29,32). The van der Waals surface area contributed by atoms with E-state index in [-0.39, 0.29) is 27.3 Å². The molecule has 0 aliphatic carbocycles. The van der Waals surface area contributed by atoms with Crippen LogP contribution < -0.4 is 5.73 Å². The van der Waals surface area contributed by atoms with Crippen LogP contribution in [-0.2, 0) is 19.8 Å². The lowest BCUT2D eigenvalue weighted by Gasteiger charge is -2.26. The Labute approximate surface area is 192 Å². The summed E-state index contributed by atoms with van der Waals surface area (Å²) in [4.78, 5) is 20.6. The van der Waals surface area contributed by atoms with Gasteiger partial charge >= 0.3 is 6.18 Å². The zero-order valence-electron chi connectivity index (χ0n) is 17.7. The minimum atomic E-state index is -4.71. The highest BCUT2D eigenvalue weighted by molar-refractivity contribution is 6.10. The van der Waals surface area contributed by atoms with Crippen LogP contribution in [0, 0.1) is 5.82 Å². The lowest BCUT2D eigenvalue weighted by molar-refractivity contribution is -0.137. The Morgan fingerprint density at radius 1 is 1.14 bits per heavy atom. The molecule has 2 N–H and O–H groups in total. The van der Waals surface area contributed by atoms with Gasteiger partial charge in [-0.15, -0.1) is 0 Å². The van der Waals surface area contributed by atoms with Gasteiger partial charge in [0.2, 0.25) is 6.30 Å². The van der Waals surface area contributed by atoms with Crippen LogP contribution in [0.5, 0.6) is 0 Å². The van der Waals surface area contributed by atoms with Crippen molar-refractivity contribution in [1.82, 2.24) is 24.6 Å². The molecule has 1 unspecified atom stereocenters. The van der Waals surface area contributed by atoms with Crippen molar-refractivity contribution in [1.29, 1.82) is 0 Å². The third-order valence-electron chi connectivity index (χ3n) is 5.28. The van der Waals surface area contributed by atoms with Gasteiger partial charge in [-0.05, 0) is 18.2 Å². The summed E-state index contributed by atoms with van der Waals surface area (Å²) >= 11 is 0. The van der Waals surface area contributed by atoms with Crippen molar-refractivity contribution in [3.8, 4) is 0 Å². The highest BCUT2D eigenvalue weighted by atomic mass is 19.4.